The molecule has 0 aliphatic heterocycles. The first-order valence-corrected chi connectivity index (χ1v) is 4.53. The number of rotatable bonds is 3. The average molecular weight is 322 g/mol. The Kier molecular flexibility index (Phi) is 4.48. The van der Waals surface area contributed by atoms with E-state index in [0.29, 0.717) is 0 Å². The van der Waals surface area contributed by atoms with Crippen molar-refractivity contribution in [2.75, 3.05) is 0 Å². The predicted octanol–water partition coefficient (Wildman–Crippen LogP) is 2.21. The molecule has 0 aliphatic rings. The standard InChI is InChI=1S/C5H6Br2O6/c1-2(12-3(8)9)5(6,7)13-4(10)11/h2H,1H3,(H,8,9)(H,10,11). The maximum atomic E-state index is 10.1. The second kappa shape index (κ2) is 4.66. The largest absolute Gasteiger partial charge is 0.508 e. The first kappa shape index (κ1) is 12.5. The molecule has 0 aliphatic carbocycles. The Morgan fingerprint density at radius 2 is 1.77 bits per heavy atom. The van der Waals surface area contributed by atoms with E-state index >= 15 is 0 Å². The molecule has 0 saturated heterocycles. The highest BCUT2D eigenvalue weighted by atomic mass is 79.9. The topological polar surface area (TPSA) is 93.1 Å². The van der Waals surface area contributed by atoms with Crippen LogP contribution in [0.4, 0.5) is 9.59 Å². The van der Waals surface area contributed by atoms with Gasteiger partial charge in [0, 0.05) is 0 Å². The minimum Gasteiger partial charge on any atom is -0.450 e. The molecule has 0 bridgehead atoms. The second-order valence-electron chi connectivity index (χ2n) is 1.96. The van der Waals surface area contributed by atoms with Gasteiger partial charge in [-0.25, -0.2) is 9.59 Å². The summed E-state index contributed by atoms with van der Waals surface area (Å²) in [6.07, 6.45) is -4.11. The molecule has 13 heavy (non-hydrogen) atoms. The monoisotopic (exact) mass is 320 g/mol. The lowest BCUT2D eigenvalue weighted by molar-refractivity contribution is -0.00770. The summed E-state index contributed by atoms with van der Waals surface area (Å²) in [4.78, 5) is 20.2. The van der Waals surface area contributed by atoms with Crippen LogP contribution in [0.2, 0.25) is 0 Å². The Hall–Kier alpha value is -0.500. The van der Waals surface area contributed by atoms with Gasteiger partial charge in [0.05, 0.1) is 0 Å². The van der Waals surface area contributed by atoms with Gasteiger partial charge in [-0.2, -0.15) is 0 Å². The third-order valence-corrected chi connectivity index (χ3v) is 2.59. The van der Waals surface area contributed by atoms with Crippen molar-refractivity contribution in [3.63, 3.8) is 0 Å². The number of ether oxygens (including phenoxy) is 2. The molecule has 76 valence electrons. The zero-order chi connectivity index (χ0) is 10.6. The van der Waals surface area contributed by atoms with Gasteiger partial charge in [0.15, 0.2) is 6.10 Å². The molecule has 0 amide bonds. The zero-order valence-corrected chi connectivity index (χ0v) is 9.53. The first-order chi connectivity index (χ1) is 5.75. The van der Waals surface area contributed by atoms with Gasteiger partial charge in [-0.05, 0) is 38.8 Å². The van der Waals surface area contributed by atoms with Crippen LogP contribution < -0.4 is 0 Å². The third-order valence-electron chi connectivity index (χ3n) is 0.974. The van der Waals surface area contributed by atoms with Crippen LogP contribution in [0.25, 0.3) is 0 Å². The molecule has 0 aromatic heterocycles. The summed E-state index contributed by atoms with van der Waals surface area (Å²) in [6, 6.07) is 0. The van der Waals surface area contributed by atoms with E-state index in [4.69, 9.17) is 10.2 Å². The smallest absolute Gasteiger partial charge is 0.450 e. The highest BCUT2D eigenvalue weighted by molar-refractivity contribution is 9.25. The first-order valence-electron chi connectivity index (χ1n) is 2.95. The van der Waals surface area contributed by atoms with Crippen molar-refractivity contribution in [2.45, 2.75) is 16.4 Å². The molecule has 0 spiro atoms. The van der Waals surface area contributed by atoms with Gasteiger partial charge in [0.2, 0.25) is 0 Å². The van der Waals surface area contributed by atoms with Crippen molar-refractivity contribution in [3.8, 4) is 0 Å². The fraction of sp³-hybridized carbons (Fsp3) is 0.600. The van der Waals surface area contributed by atoms with Gasteiger partial charge >= 0.3 is 12.3 Å². The highest BCUT2D eigenvalue weighted by Gasteiger charge is 2.37. The van der Waals surface area contributed by atoms with Crippen LogP contribution in [0.1, 0.15) is 6.92 Å². The molecule has 0 saturated carbocycles. The van der Waals surface area contributed by atoms with Crippen molar-refractivity contribution >= 4 is 44.2 Å². The summed E-state index contributed by atoms with van der Waals surface area (Å²) >= 11 is 5.60. The Morgan fingerprint density at radius 3 is 2.08 bits per heavy atom. The minimum absolute atomic E-state index is 1.03. The molecule has 0 rings (SSSR count). The molecular weight excluding hydrogens is 316 g/mol. The molecule has 1 unspecified atom stereocenters. The van der Waals surface area contributed by atoms with E-state index in [2.05, 4.69) is 41.3 Å². The fourth-order valence-electron chi connectivity index (χ4n) is 0.419. The molecule has 0 aromatic carbocycles. The molecule has 0 radical (unpaired) electrons. The molecule has 0 aromatic rings. The van der Waals surface area contributed by atoms with E-state index < -0.39 is 21.8 Å². The average Bonchev–Trinajstić information content (AvgIpc) is 1.81. The molecule has 2 N–H and O–H groups in total. The summed E-state index contributed by atoms with van der Waals surface area (Å²) in [5.41, 5.74) is 0. The predicted molar refractivity (Wildman–Crippen MR) is 48.3 cm³/mol. The number of hydrogen-bond donors (Lipinski definition) is 2. The van der Waals surface area contributed by atoms with Gasteiger partial charge in [-0.15, -0.1) is 0 Å². The zero-order valence-electron chi connectivity index (χ0n) is 6.36. The Bertz CT molecular complexity index is 215. The van der Waals surface area contributed by atoms with Crippen LogP contribution in [0, 0.1) is 0 Å². The number of hydrogen-bond acceptors (Lipinski definition) is 4. The van der Waals surface area contributed by atoms with E-state index in [1.54, 1.807) is 0 Å². The van der Waals surface area contributed by atoms with Crippen molar-refractivity contribution in [1.29, 1.82) is 0 Å². The number of alkyl halides is 2. The van der Waals surface area contributed by atoms with Crippen LogP contribution >= 0.6 is 31.9 Å². The number of carboxylic acid groups (broad SMARTS) is 2. The van der Waals surface area contributed by atoms with E-state index in [9.17, 15) is 9.59 Å². The van der Waals surface area contributed by atoms with Crippen LogP contribution in [-0.4, -0.2) is 32.0 Å². The summed E-state index contributed by atoms with van der Waals surface area (Å²) in [5.74, 6) is 0. The molecule has 0 heterocycles. The molecule has 1 atom stereocenters. The maximum absolute atomic E-state index is 10.1. The maximum Gasteiger partial charge on any atom is 0.508 e. The highest BCUT2D eigenvalue weighted by Crippen LogP contribution is 2.33. The molecule has 8 heteroatoms. The van der Waals surface area contributed by atoms with Crippen LogP contribution in [-0.2, 0) is 9.47 Å². The Balaban J connectivity index is 4.25. The summed E-state index contributed by atoms with van der Waals surface area (Å²) < 4.78 is 6.95. The van der Waals surface area contributed by atoms with Crippen LogP contribution in [0.3, 0.4) is 0 Å². The summed E-state index contributed by atoms with van der Waals surface area (Å²) in [6.45, 7) is 1.32. The van der Waals surface area contributed by atoms with Crippen molar-refractivity contribution < 1.29 is 29.3 Å². The van der Waals surface area contributed by atoms with Crippen molar-refractivity contribution in [3.05, 3.63) is 0 Å². The SMILES string of the molecule is CC(OC(=O)O)C(Br)(Br)OC(=O)O. The van der Waals surface area contributed by atoms with E-state index in [0.717, 1.165) is 0 Å². The van der Waals surface area contributed by atoms with E-state index in [-0.39, 0.29) is 0 Å². The molecular formula is C5H6Br2O6. The fourth-order valence-corrected chi connectivity index (χ4v) is 0.883. The minimum atomic E-state index is -1.57. The van der Waals surface area contributed by atoms with E-state index in [1.165, 1.54) is 6.92 Å². The quantitative estimate of drug-likeness (QED) is 0.611. The van der Waals surface area contributed by atoms with E-state index in [1.807, 2.05) is 0 Å². The third kappa shape index (κ3) is 4.94. The second-order valence-corrected chi connectivity index (χ2v) is 5.38. The summed E-state index contributed by atoms with van der Waals surface area (Å²) in [7, 11) is 0. The number of carbonyl (C=O) groups is 2. The lowest BCUT2D eigenvalue weighted by Crippen LogP contribution is -2.35. The Labute approximate surface area is 90.1 Å². The Morgan fingerprint density at radius 1 is 1.31 bits per heavy atom. The van der Waals surface area contributed by atoms with Gasteiger partial charge in [-0.3, -0.25) is 0 Å². The van der Waals surface area contributed by atoms with Gasteiger partial charge in [-0.1, -0.05) is 0 Å². The lowest BCUT2D eigenvalue weighted by Gasteiger charge is -2.24. The molecule has 0 fully saturated rings. The van der Waals surface area contributed by atoms with Gasteiger partial charge in [0.25, 0.3) is 3.42 Å². The normalized spacial score (nSPS) is 13.2. The lowest BCUT2D eigenvalue weighted by atomic mass is 10.4. The molecule has 6 nitrogen and oxygen atoms in total. The van der Waals surface area contributed by atoms with Crippen molar-refractivity contribution in [2.24, 2.45) is 0 Å². The van der Waals surface area contributed by atoms with Gasteiger partial charge in [0.1, 0.15) is 0 Å². The van der Waals surface area contributed by atoms with Crippen molar-refractivity contribution in [1.82, 2.24) is 0 Å². The van der Waals surface area contributed by atoms with Crippen LogP contribution in [0.15, 0.2) is 0 Å². The van der Waals surface area contributed by atoms with Crippen LogP contribution in [0.5, 0.6) is 0 Å². The summed E-state index contributed by atoms with van der Waals surface area (Å²) in [5, 5.41) is 16.5. The number of halogens is 2. The van der Waals surface area contributed by atoms with Gasteiger partial charge < -0.3 is 19.7 Å².